The number of nitrogens with one attached hydrogen (secondary N) is 2. The zero-order chi connectivity index (χ0) is 11.6. The second-order valence-corrected chi connectivity index (χ2v) is 5.04. The van der Waals surface area contributed by atoms with Crippen LogP contribution in [0.4, 0.5) is 0 Å². The Bertz CT molecular complexity index is 273. The topological polar surface area (TPSA) is 40.7 Å². The van der Waals surface area contributed by atoms with Crippen LogP contribution in [0.3, 0.4) is 0 Å². The highest BCUT2D eigenvalue weighted by Gasteiger charge is 1.98. The maximum atomic E-state index is 4.25. The van der Waals surface area contributed by atoms with E-state index in [-0.39, 0.29) is 0 Å². The van der Waals surface area contributed by atoms with Crippen molar-refractivity contribution < 1.29 is 0 Å². The van der Waals surface area contributed by atoms with Crippen LogP contribution >= 0.6 is 11.8 Å². The number of H-pyrrole nitrogens is 1. The fraction of sp³-hybridized carbons (Fsp3) is 0.750. The summed E-state index contributed by atoms with van der Waals surface area (Å²) in [6.07, 6.45) is 9.27. The van der Waals surface area contributed by atoms with E-state index in [0.717, 1.165) is 18.8 Å². The molecule has 2 N–H and O–H groups in total. The van der Waals surface area contributed by atoms with Gasteiger partial charge in [-0.15, -0.1) is 0 Å². The maximum absolute atomic E-state index is 4.25. The van der Waals surface area contributed by atoms with Gasteiger partial charge in [-0.05, 0) is 38.3 Å². The lowest BCUT2D eigenvalue weighted by Crippen LogP contribution is -2.15. The van der Waals surface area contributed by atoms with Crippen molar-refractivity contribution in [3.63, 3.8) is 0 Å². The molecule has 0 aliphatic carbocycles. The van der Waals surface area contributed by atoms with E-state index in [1.54, 1.807) is 6.33 Å². The zero-order valence-corrected chi connectivity index (χ0v) is 11.2. The Hall–Kier alpha value is -0.480. The average Bonchev–Trinajstić information content (AvgIpc) is 2.68. The van der Waals surface area contributed by atoms with Crippen LogP contribution < -0.4 is 5.32 Å². The molecule has 1 heterocycles. The second kappa shape index (κ2) is 8.65. The molecule has 4 heteroatoms. The van der Waals surface area contributed by atoms with Crippen LogP contribution in [-0.4, -0.2) is 28.5 Å². The standard InChI is InChI=1S/C12H23N3S/c1-11-12(15-10-14-11)9-13-7-5-3-4-6-8-16-2/h10,13H,3-9H2,1-2H3,(H,14,15). The molecule has 92 valence electrons. The molecule has 0 aromatic carbocycles. The summed E-state index contributed by atoms with van der Waals surface area (Å²) in [6.45, 7) is 4.05. The van der Waals surface area contributed by atoms with Crippen molar-refractivity contribution in [2.24, 2.45) is 0 Å². The van der Waals surface area contributed by atoms with E-state index in [0.29, 0.717) is 0 Å². The fourth-order valence-electron chi connectivity index (χ4n) is 1.62. The van der Waals surface area contributed by atoms with Crippen molar-refractivity contribution in [1.82, 2.24) is 15.3 Å². The molecule has 3 nitrogen and oxygen atoms in total. The molecular formula is C12H23N3S. The monoisotopic (exact) mass is 241 g/mol. The first-order chi connectivity index (χ1) is 7.84. The van der Waals surface area contributed by atoms with Gasteiger partial charge in [-0.3, -0.25) is 0 Å². The summed E-state index contributed by atoms with van der Waals surface area (Å²) in [4.78, 5) is 7.34. The Morgan fingerprint density at radius 2 is 2.12 bits per heavy atom. The maximum Gasteiger partial charge on any atom is 0.0925 e. The summed E-state index contributed by atoms with van der Waals surface area (Å²) in [5, 5.41) is 3.43. The number of imidazole rings is 1. The molecule has 1 rings (SSSR count). The average molecular weight is 241 g/mol. The summed E-state index contributed by atoms with van der Waals surface area (Å²) < 4.78 is 0. The fourth-order valence-corrected chi connectivity index (χ4v) is 2.11. The van der Waals surface area contributed by atoms with E-state index in [2.05, 4.69) is 28.5 Å². The molecule has 1 aromatic rings. The van der Waals surface area contributed by atoms with Crippen molar-refractivity contribution >= 4 is 11.8 Å². The van der Waals surface area contributed by atoms with Crippen LogP contribution in [0.1, 0.15) is 37.1 Å². The summed E-state index contributed by atoms with van der Waals surface area (Å²) >= 11 is 1.94. The molecule has 0 unspecified atom stereocenters. The van der Waals surface area contributed by atoms with Gasteiger partial charge in [0, 0.05) is 12.2 Å². The molecule has 1 aromatic heterocycles. The number of thioether (sulfide) groups is 1. The Kier molecular flexibility index (Phi) is 7.34. The number of aryl methyl sites for hydroxylation is 1. The number of hydrogen-bond acceptors (Lipinski definition) is 3. The molecule has 0 fully saturated rings. The Morgan fingerprint density at radius 3 is 2.81 bits per heavy atom. The van der Waals surface area contributed by atoms with E-state index >= 15 is 0 Å². The third-order valence-corrected chi connectivity index (χ3v) is 3.38. The molecule has 0 radical (unpaired) electrons. The van der Waals surface area contributed by atoms with Gasteiger partial charge in [0.25, 0.3) is 0 Å². The SMILES string of the molecule is CSCCCCCCNCc1nc[nH]c1C. The molecule has 0 aliphatic heterocycles. The molecule has 0 saturated heterocycles. The largest absolute Gasteiger partial charge is 0.348 e. The zero-order valence-electron chi connectivity index (χ0n) is 10.4. The Balaban J connectivity index is 1.91. The van der Waals surface area contributed by atoms with Gasteiger partial charge < -0.3 is 10.3 Å². The lowest BCUT2D eigenvalue weighted by Gasteiger charge is -2.03. The van der Waals surface area contributed by atoms with Crippen molar-refractivity contribution in [3.8, 4) is 0 Å². The van der Waals surface area contributed by atoms with Gasteiger partial charge in [-0.2, -0.15) is 11.8 Å². The number of aromatic amines is 1. The Labute approximate surface area is 103 Å². The normalized spacial score (nSPS) is 10.9. The van der Waals surface area contributed by atoms with Gasteiger partial charge in [-0.1, -0.05) is 12.8 Å². The van der Waals surface area contributed by atoms with Crippen molar-refractivity contribution in [2.45, 2.75) is 39.2 Å². The minimum absolute atomic E-state index is 0.889. The third-order valence-electron chi connectivity index (χ3n) is 2.68. The van der Waals surface area contributed by atoms with Crippen LogP contribution in [0.15, 0.2) is 6.33 Å². The highest BCUT2D eigenvalue weighted by molar-refractivity contribution is 7.98. The number of hydrogen-bond donors (Lipinski definition) is 2. The van der Waals surface area contributed by atoms with Crippen LogP contribution in [0.2, 0.25) is 0 Å². The van der Waals surface area contributed by atoms with Gasteiger partial charge in [0.15, 0.2) is 0 Å². The first-order valence-electron chi connectivity index (χ1n) is 6.03. The third kappa shape index (κ3) is 5.56. The van der Waals surface area contributed by atoms with Crippen LogP contribution in [0.5, 0.6) is 0 Å². The molecule has 16 heavy (non-hydrogen) atoms. The molecule has 0 atom stereocenters. The van der Waals surface area contributed by atoms with Crippen molar-refractivity contribution in [1.29, 1.82) is 0 Å². The molecule has 0 amide bonds. The molecular weight excluding hydrogens is 218 g/mol. The van der Waals surface area contributed by atoms with Gasteiger partial charge in [0.05, 0.1) is 12.0 Å². The van der Waals surface area contributed by atoms with Crippen molar-refractivity contribution in [3.05, 3.63) is 17.7 Å². The van der Waals surface area contributed by atoms with E-state index in [4.69, 9.17) is 0 Å². The molecule has 0 bridgehead atoms. The second-order valence-electron chi connectivity index (χ2n) is 4.06. The first kappa shape index (κ1) is 13.6. The summed E-state index contributed by atoms with van der Waals surface area (Å²) in [5.41, 5.74) is 2.31. The number of nitrogens with zero attached hydrogens (tertiary/aromatic N) is 1. The lowest BCUT2D eigenvalue weighted by atomic mass is 10.2. The van der Waals surface area contributed by atoms with E-state index < -0.39 is 0 Å². The lowest BCUT2D eigenvalue weighted by molar-refractivity contribution is 0.595. The van der Waals surface area contributed by atoms with E-state index in [9.17, 15) is 0 Å². The summed E-state index contributed by atoms with van der Waals surface area (Å²) in [6, 6.07) is 0. The summed E-state index contributed by atoms with van der Waals surface area (Å²) in [7, 11) is 0. The quantitative estimate of drug-likeness (QED) is 0.653. The van der Waals surface area contributed by atoms with Crippen LogP contribution in [-0.2, 0) is 6.54 Å². The number of rotatable bonds is 9. The van der Waals surface area contributed by atoms with Crippen molar-refractivity contribution in [2.75, 3.05) is 18.6 Å². The summed E-state index contributed by atoms with van der Waals surface area (Å²) in [5.74, 6) is 1.31. The first-order valence-corrected chi connectivity index (χ1v) is 7.42. The smallest absolute Gasteiger partial charge is 0.0925 e. The molecule has 0 aliphatic rings. The number of aromatic nitrogens is 2. The highest BCUT2D eigenvalue weighted by Crippen LogP contribution is 2.04. The van der Waals surface area contributed by atoms with Crippen LogP contribution in [0.25, 0.3) is 0 Å². The van der Waals surface area contributed by atoms with Crippen LogP contribution in [0, 0.1) is 6.92 Å². The molecule has 0 saturated carbocycles. The predicted molar refractivity (Wildman–Crippen MR) is 71.9 cm³/mol. The van der Waals surface area contributed by atoms with Gasteiger partial charge >= 0.3 is 0 Å². The molecule has 0 spiro atoms. The van der Waals surface area contributed by atoms with Gasteiger partial charge in [0.2, 0.25) is 0 Å². The van der Waals surface area contributed by atoms with Gasteiger partial charge in [0.1, 0.15) is 0 Å². The highest BCUT2D eigenvalue weighted by atomic mass is 32.2. The minimum Gasteiger partial charge on any atom is -0.348 e. The van der Waals surface area contributed by atoms with Gasteiger partial charge in [-0.25, -0.2) is 4.98 Å². The Morgan fingerprint density at radius 1 is 1.31 bits per heavy atom. The minimum atomic E-state index is 0.889. The predicted octanol–water partition coefficient (Wildman–Crippen LogP) is 2.73. The number of unbranched alkanes of at least 4 members (excludes halogenated alkanes) is 3. The van der Waals surface area contributed by atoms with E-state index in [1.165, 1.54) is 37.1 Å². The van der Waals surface area contributed by atoms with E-state index in [1.807, 2.05) is 11.8 Å².